The van der Waals surface area contributed by atoms with E-state index in [0.717, 1.165) is 32.6 Å². The third kappa shape index (κ3) is 3.45. The average molecular weight is 434 g/mol. The molecule has 1 saturated heterocycles. The Kier molecular flexibility index (Phi) is 5.25. The smallest absolute Gasteiger partial charge is 0.335 e. The van der Waals surface area contributed by atoms with Gasteiger partial charge in [0.2, 0.25) is 0 Å². The molecule has 0 atom stereocenters. The normalized spacial score (nSPS) is 15.6. The number of carbonyl (C=O) groups is 3. The van der Waals surface area contributed by atoms with Crippen LogP contribution >= 0.6 is 11.6 Å². The van der Waals surface area contributed by atoms with E-state index in [9.17, 15) is 14.4 Å². The van der Waals surface area contributed by atoms with Crippen LogP contribution in [0.15, 0.2) is 60.7 Å². The van der Waals surface area contributed by atoms with Crippen LogP contribution in [0.2, 0.25) is 5.02 Å². The lowest BCUT2D eigenvalue weighted by molar-refractivity contribution is -0.122. The number of carbonyl (C=O) groups excluding carboxylic acids is 3. The molecule has 1 aliphatic heterocycles. The Morgan fingerprint density at radius 2 is 1.84 bits per heavy atom. The molecule has 1 N–H and O–H groups in total. The molecule has 0 bridgehead atoms. The first kappa shape index (κ1) is 20.6. The van der Waals surface area contributed by atoms with Crippen molar-refractivity contribution in [2.75, 3.05) is 4.90 Å². The maximum absolute atomic E-state index is 13.2. The van der Waals surface area contributed by atoms with Gasteiger partial charge in [0.1, 0.15) is 5.57 Å². The molecule has 0 unspecified atom stereocenters. The lowest BCUT2D eigenvalue weighted by atomic mass is 10.0. The van der Waals surface area contributed by atoms with E-state index in [1.165, 1.54) is 6.07 Å². The minimum absolute atomic E-state index is 0.124. The van der Waals surface area contributed by atoms with Gasteiger partial charge in [-0.2, -0.15) is 0 Å². The van der Waals surface area contributed by atoms with Gasteiger partial charge in [-0.15, -0.1) is 6.58 Å². The molecule has 3 aromatic rings. The van der Waals surface area contributed by atoms with E-state index < -0.39 is 17.8 Å². The predicted molar refractivity (Wildman–Crippen MR) is 122 cm³/mol. The number of urea groups is 1. The molecular formula is C24H20ClN3O3. The van der Waals surface area contributed by atoms with E-state index in [0.29, 0.717) is 17.3 Å². The zero-order chi connectivity index (χ0) is 22.3. The van der Waals surface area contributed by atoms with Crippen molar-refractivity contribution >= 4 is 52.1 Å². The highest BCUT2D eigenvalue weighted by atomic mass is 35.5. The van der Waals surface area contributed by atoms with Crippen molar-refractivity contribution in [2.45, 2.75) is 20.4 Å². The van der Waals surface area contributed by atoms with Crippen LogP contribution in [-0.2, 0) is 16.1 Å². The van der Waals surface area contributed by atoms with Crippen molar-refractivity contribution in [2.24, 2.45) is 0 Å². The third-order valence-electron chi connectivity index (χ3n) is 5.40. The van der Waals surface area contributed by atoms with Crippen LogP contribution in [0.4, 0.5) is 10.5 Å². The number of benzene rings is 2. The maximum Gasteiger partial charge on any atom is 0.335 e. The van der Waals surface area contributed by atoms with Gasteiger partial charge in [-0.05, 0) is 43.7 Å². The molecule has 156 valence electrons. The van der Waals surface area contributed by atoms with Gasteiger partial charge in [-0.3, -0.25) is 14.9 Å². The van der Waals surface area contributed by atoms with Crippen molar-refractivity contribution in [3.63, 3.8) is 0 Å². The number of anilines is 1. The highest BCUT2D eigenvalue weighted by Gasteiger charge is 2.37. The number of rotatable bonds is 4. The average Bonchev–Trinajstić information content (AvgIpc) is 2.99. The Morgan fingerprint density at radius 3 is 2.55 bits per heavy atom. The van der Waals surface area contributed by atoms with Crippen LogP contribution in [0.3, 0.4) is 0 Å². The van der Waals surface area contributed by atoms with E-state index in [2.05, 4.69) is 16.5 Å². The molecule has 1 fully saturated rings. The van der Waals surface area contributed by atoms with Gasteiger partial charge < -0.3 is 4.57 Å². The van der Waals surface area contributed by atoms with Crippen LogP contribution in [0, 0.1) is 13.8 Å². The number of hydrogen-bond donors (Lipinski definition) is 1. The van der Waals surface area contributed by atoms with Gasteiger partial charge in [0.25, 0.3) is 11.8 Å². The summed E-state index contributed by atoms with van der Waals surface area (Å²) in [6.07, 6.45) is 3.33. The molecule has 1 aliphatic rings. The number of aryl methyl sites for hydroxylation is 1. The number of aromatic nitrogens is 1. The fourth-order valence-electron chi connectivity index (χ4n) is 3.76. The number of hydrogen-bond acceptors (Lipinski definition) is 3. The monoisotopic (exact) mass is 433 g/mol. The summed E-state index contributed by atoms with van der Waals surface area (Å²) in [5, 5.41) is 3.58. The largest absolute Gasteiger partial charge is 0.340 e. The molecule has 0 saturated carbocycles. The second-order valence-electron chi connectivity index (χ2n) is 7.31. The molecular weight excluding hydrogens is 414 g/mol. The Morgan fingerprint density at radius 1 is 1.10 bits per heavy atom. The minimum atomic E-state index is -0.808. The Bertz CT molecular complexity index is 1300. The van der Waals surface area contributed by atoms with Crippen LogP contribution in [0.5, 0.6) is 0 Å². The van der Waals surface area contributed by atoms with E-state index in [1.807, 2.05) is 38.1 Å². The van der Waals surface area contributed by atoms with E-state index in [-0.39, 0.29) is 5.57 Å². The van der Waals surface area contributed by atoms with Crippen molar-refractivity contribution in [1.82, 2.24) is 9.88 Å². The topological polar surface area (TPSA) is 71.4 Å². The Labute approximate surface area is 184 Å². The third-order valence-corrected chi connectivity index (χ3v) is 5.80. The molecule has 7 heteroatoms. The van der Waals surface area contributed by atoms with Crippen LogP contribution in [0.1, 0.15) is 16.8 Å². The zero-order valence-corrected chi connectivity index (χ0v) is 17.9. The van der Waals surface area contributed by atoms with Gasteiger partial charge in [0.15, 0.2) is 0 Å². The Hall–Kier alpha value is -3.64. The summed E-state index contributed by atoms with van der Waals surface area (Å²) in [5.41, 5.74) is 3.58. The maximum atomic E-state index is 13.2. The highest BCUT2D eigenvalue weighted by molar-refractivity contribution is 6.39. The van der Waals surface area contributed by atoms with Crippen molar-refractivity contribution in [3.05, 3.63) is 82.5 Å². The molecule has 4 amide bonds. The number of allylic oxidation sites excluding steroid dienone is 1. The number of amides is 4. The SMILES string of the molecule is C=CCn1c(C)c(/C=C2/C(=O)NC(=O)N(c3ccc(C)c(Cl)c3)C2=O)c2ccccc21. The number of barbiturate groups is 1. The fourth-order valence-corrected chi connectivity index (χ4v) is 3.94. The van der Waals surface area contributed by atoms with Crippen LogP contribution < -0.4 is 10.2 Å². The van der Waals surface area contributed by atoms with E-state index in [4.69, 9.17) is 11.6 Å². The second kappa shape index (κ2) is 7.89. The first-order chi connectivity index (χ1) is 14.8. The minimum Gasteiger partial charge on any atom is -0.340 e. The number of nitrogens with zero attached hydrogens (tertiary/aromatic N) is 2. The van der Waals surface area contributed by atoms with Crippen LogP contribution in [-0.4, -0.2) is 22.4 Å². The predicted octanol–water partition coefficient (Wildman–Crippen LogP) is 4.76. The molecule has 2 heterocycles. The number of imide groups is 2. The van der Waals surface area contributed by atoms with Crippen LogP contribution in [0.25, 0.3) is 17.0 Å². The molecule has 1 aromatic heterocycles. The second-order valence-corrected chi connectivity index (χ2v) is 7.71. The summed E-state index contributed by atoms with van der Waals surface area (Å²) >= 11 is 6.18. The number of nitrogens with one attached hydrogen (secondary N) is 1. The standard InChI is InChI=1S/C24H20ClN3O3/c1-4-11-27-15(3)18(17-7-5-6-8-21(17)27)13-19-22(29)26-24(31)28(23(19)30)16-10-9-14(2)20(25)12-16/h4-10,12-13H,1,11H2,2-3H3,(H,26,29,31)/b19-13-. The van der Waals surface area contributed by atoms with E-state index in [1.54, 1.807) is 24.3 Å². The lowest BCUT2D eigenvalue weighted by Gasteiger charge is -2.26. The number of para-hydroxylation sites is 1. The molecule has 31 heavy (non-hydrogen) atoms. The van der Waals surface area contributed by atoms with E-state index >= 15 is 0 Å². The molecule has 0 radical (unpaired) electrons. The fraction of sp³-hybridized carbons (Fsp3) is 0.125. The van der Waals surface area contributed by atoms with Gasteiger partial charge in [-0.25, -0.2) is 9.69 Å². The summed E-state index contributed by atoms with van der Waals surface area (Å²) in [6.45, 7) is 8.13. The van der Waals surface area contributed by atoms with Gasteiger partial charge >= 0.3 is 6.03 Å². The zero-order valence-electron chi connectivity index (χ0n) is 17.1. The molecule has 0 aliphatic carbocycles. The summed E-state index contributed by atoms with van der Waals surface area (Å²) in [6, 6.07) is 11.8. The lowest BCUT2D eigenvalue weighted by Crippen LogP contribution is -2.54. The summed E-state index contributed by atoms with van der Waals surface area (Å²) in [5.74, 6) is -1.43. The summed E-state index contributed by atoms with van der Waals surface area (Å²) in [4.78, 5) is 39.2. The molecule has 0 spiro atoms. The first-order valence-corrected chi connectivity index (χ1v) is 10.1. The van der Waals surface area contributed by atoms with Gasteiger partial charge in [-0.1, -0.05) is 41.9 Å². The van der Waals surface area contributed by atoms with Crippen molar-refractivity contribution in [3.8, 4) is 0 Å². The number of halogens is 1. The quantitative estimate of drug-likeness (QED) is 0.366. The van der Waals surface area contributed by atoms with Gasteiger partial charge in [0, 0.05) is 33.7 Å². The van der Waals surface area contributed by atoms with Gasteiger partial charge in [0.05, 0.1) is 5.69 Å². The number of fused-ring (bicyclic) bond motifs is 1. The Balaban J connectivity index is 1.86. The summed E-state index contributed by atoms with van der Waals surface area (Å²) in [7, 11) is 0. The molecule has 6 nitrogen and oxygen atoms in total. The van der Waals surface area contributed by atoms with Crippen molar-refractivity contribution < 1.29 is 14.4 Å². The molecule has 2 aromatic carbocycles. The van der Waals surface area contributed by atoms with Crippen molar-refractivity contribution in [1.29, 1.82) is 0 Å². The highest BCUT2D eigenvalue weighted by Crippen LogP contribution is 2.30. The molecule has 4 rings (SSSR count). The summed E-state index contributed by atoms with van der Waals surface area (Å²) < 4.78 is 2.06. The first-order valence-electron chi connectivity index (χ1n) is 9.69.